The number of hydrogen-bond donors (Lipinski definition) is 2. The van der Waals surface area contributed by atoms with Crippen LogP contribution in [0.2, 0.25) is 0 Å². The highest BCUT2D eigenvalue weighted by Crippen LogP contribution is 2.49. The topological polar surface area (TPSA) is 85.9 Å². The number of hydrogen-bond acceptors (Lipinski definition) is 5. The van der Waals surface area contributed by atoms with Gasteiger partial charge in [0.05, 0.1) is 7.11 Å². The number of carbonyl (C=O) groups excluding carboxylic acids is 2. The summed E-state index contributed by atoms with van der Waals surface area (Å²) in [6, 6.07) is 13.7. The molecule has 0 radical (unpaired) electrons. The predicted molar refractivity (Wildman–Crippen MR) is 115 cm³/mol. The molecule has 0 unspecified atom stereocenters. The first-order valence-corrected chi connectivity index (χ1v) is 10.4. The smallest absolute Gasteiger partial charge is 0.343 e. The van der Waals surface area contributed by atoms with Crippen molar-refractivity contribution in [1.29, 1.82) is 0 Å². The molecule has 1 spiro atoms. The second-order valence-electron chi connectivity index (χ2n) is 8.92. The zero-order valence-electron chi connectivity index (χ0n) is 18.3. The summed E-state index contributed by atoms with van der Waals surface area (Å²) in [4.78, 5) is 24.0. The molecule has 4 rings (SSSR count). The molecular weight excluding hydrogens is 396 g/mol. The molecule has 0 aliphatic carbocycles. The number of ether oxygens (including phenoxy) is 3. The van der Waals surface area contributed by atoms with Crippen molar-refractivity contribution < 1.29 is 23.8 Å². The number of rotatable bonds is 4. The van der Waals surface area contributed by atoms with Crippen molar-refractivity contribution in [2.45, 2.75) is 50.8 Å². The second kappa shape index (κ2) is 7.80. The number of fused-ring (bicyclic) bond motifs is 1. The number of carbonyl (C=O) groups is 2. The van der Waals surface area contributed by atoms with Crippen LogP contribution in [-0.4, -0.2) is 37.0 Å². The molecule has 2 N–H and O–H groups in total. The largest absolute Gasteiger partial charge is 0.482 e. The molecule has 2 aliphatic heterocycles. The van der Waals surface area contributed by atoms with Gasteiger partial charge >= 0.3 is 12.0 Å². The van der Waals surface area contributed by atoms with Gasteiger partial charge in [0.1, 0.15) is 11.5 Å². The van der Waals surface area contributed by atoms with Crippen molar-refractivity contribution in [3.8, 4) is 11.5 Å². The number of aryl methyl sites for hydroxylation is 1. The van der Waals surface area contributed by atoms with Gasteiger partial charge in [-0.2, -0.15) is 0 Å². The minimum atomic E-state index is -0.854. The molecule has 1 fully saturated rings. The number of nitrogens with one attached hydrogen (secondary N) is 2. The predicted octanol–water partition coefficient (Wildman–Crippen LogP) is 3.64. The lowest BCUT2D eigenvalue weighted by atomic mass is 9.76. The summed E-state index contributed by atoms with van der Waals surface area (Å²) in [5, 5.41) is 6.00. The zero-order chi connectivity index (χ0) is 22.2. The van der Waals surface area contributed by atoms with Gasteiger partial charge < -0.3 is 24.8 Å². The third-order valence-corrected chi connectivity index (χ3v) is 5.82. The Morgan fingerprint density at radius 2 is 1.94 bits per heavy atom. The Morgan fingerprint density at radius 1 is 1.19 bits per heavy atom. The average molecular weight is 424 g/mol. The fourth-order valence-corrected chi connectivity index (χ4v) is 4.74. The van der Waals surface area contributed by atoms with E-state index in [1.807, 2.05) is 45.0 Å². The number of benzene rings is 2. The Kier molecular flexibility index (Phi) is 5.29. The van der Waals surface area contributed by atoms with E-state index in [0.717, 1.165) is 16.7 Å². The van der Waals surface area contributed by atoms with Gasteiger partial charge in [0.2, 0.25) is 0 Å². The fraction of sp³-hybridized carbons (Fsp3) is 0.417. The molecule has 2 amide bonds. The van der Waals surface area contributed by atoms with E-state index in [4.69, 9.17) is 9.47 Å². The zero-order valence-corrected chi connectivity index (χ0v) is 18.3. The van der Waals surface area contributed by atoms with E-state index in [2.05, 4.69) is 27.5 Å². The average Bonchev–Trinajstić information content (AvgIpc) is 2.70. The normalized spacial score (nSPS) is 23.7. The summed E-state index contributed by atoms with van der Waals surface area (Å²) in [6.45, 7) is 5.80. The lowest BCUT2D eigenvalue weighted by molar-refractivity contribution is -0.142. The van der Waals surface area contributed by atoms with E-state index in [1.54, 1.807) is 6.07 Å². The van der Waals surface area contributed by atoms with E-state index < -0.39 is 17.2 Å². The Balaban J connectivity index is 1.78. The van der Waals surface area contributed by atoms with Crippen LogP contribution < -0.4 is 20.1 Å². The SMILES string of the molecule is COC(=O)COc1cc(C)c2c(c1)O[C@@]1(C[C@H]2c2ccccc2)CC(C)(C)NC(=O)N1. The molecule has 164 valence electrons. The van der Waals surface area contributed by atoms with E-state index in [-0.39, 0.29) is 18.6 Å². The van der Waals surface area contributed by atoms with Crippen LogP contribution in [0.4, 0.5) is 4.79 Å². The molecule has 7 nitrogen and oxygen atoms in total. The van der Waals surface area contributed by atoms with Crippen LogP contribution in [0.1, 0.15) is 49.3 Å². The lowest BCUT2D eigenvalue weighted by Crippen LogP contribution is -2.69. The summed E-state index contributed by atoms with van der Waals surface area (Å²) in [7, 11) is 1.32. The molecule has 1 saturated heterocycles. The molecule has 2 aliphatic rings. The minimum Gasteiger partial charge on any atom is -0.482 e. The molecule has 0 bridgehead atoms. The quantitative estimate of drug-likeness (QED) is 0.732. The fourth-order valence-electron chi connectivity index (χ4n) is 4.74. The van der Waals surface area contributed by atoms with Gasteiger partial charge in [0.25, 0.3) is 0 Å². The first kappa shape index (κ1) is 21.0. The van der Waals surface area contributed by atoms with Gasteiger partial charge in [-0.1, -0.05) is 30.3 Å². The van der Waals surface area contributed by atoms with Gasteiger partial charge in [0, 0.05) is 35.9 Å². The van der Waals surface area contributed by atoms with Gasteiger partial charge in [-0.3, -0.25) is 0 Å². The lowest BCUT2D eigenvalue weighted by Gasteiger charge is -2.49. The molecular formula is C24H28N2O5. The maximum absolute atomic E-state index is 12.5. The van der Waals surface area contributed by atoms with Crippen molar-refractivity contribution in [3.05, 3.63) is 59.2 Å². The molecule has 2 atom stereocenters. The Morgan fingerprint density at radius 3 is 2.61 bits per heavy atom. The monoisotopic (exact) mass is 424 g/mol. The third kappa shape index (κ3) is 4.31. The highest BCUT2D eigenvalue weighted by molar-refractivity contribution is 5.77. The maximum Gasteiger partial charge on any atom is 0.343 e. The maximum atomic E-state index is 12.5. The first-order chi connectivity index (χ1) is 14.7. The van der Waals surface area contributed by atoms with Gasteiger partial charge in [-0.15, -0.1) is 0 Å². The summed E-state index contributed by atoms with van der Waals surface area (Å²) in [6.07, 6.45) is 1.21. The Labute approximate surface area is 182 Å². The van der Waals surface area contributed by atoms with Gasteiger partial charge in [-0.05, 0) is 38.0 Å². The minimum absolute atomic E-state index is 0.0359. The van der Waals surface area contributed by atoms with Crippen LogP contribution in [0.3, 0.4) is 0 Å². The van der Waals surface area contributed by atoms with Crippen LogP contribution in [-0.2, 0) is 9.53 Å². The number of amides is 2. The Hall–Kier alpha value is -3.22. The van der Waals surface area contributed by atoms with Crippen molar-refractivity contribution in [2.75, 3.05) is 13.7 Å². The summed E-state index contributed by atoms with van der Waals surface area (Å²) in [5.41, 5.74) is 1.94. The van der Waals surface area contributed by atoms with Crippen molar-refractivity contribution in [2.24, 2.45) is 0 Å². The molecule has 7 heteroatoms. The molecule has 0 aromatic heterocycles. The molecule has 0 saturated carbocycles. The number of urea groups is 1. The Bertz CT molecular complexity index is 1000. The molecule has 31 heavy (non-hydrogen) atoms. The van der Waals surface area contributed by atoms with E-state index >= 15 is 0 Å². The van der Waals surface area contributed by atoms with E-state index in [1.165, 1.54) is 7.11 Å². The van der Waals surface area contributed by atoms with Crippen LogP contribution in [0, 0.1) is 6.92 Å². The van der Waals surface area contributed by atoms with Crippen molar-refractivity contribution in [3.63, 3.8) is 0 Å². The van der Waals surface area contributed by atoms with Crippen LogP contribution in [0.25, 0.3) is 0 Å². The van der Waals surface area contributed by atoms with E-state index in [0.29, 0.717) is 24.3 Å². The van der Waals surface area contributed by atoms with Gasteiger partial charge in [-0.25, -0.2) is 9.59 Å². The second-order valence-corrected chi connectivity index (χ2v) is 8.92. The first-order valence-electron chi connectivity index (χ1n) is 10.4. The summed E-state index contributed by atoms with van der Waals surface area (Å²) in [5.74, 6) is 0.749. The number of methoxy groups -OCH3 is 1. The summed E-state index contributed by atoms with van der Waals surface area (Å²) < 4.78 is 16.8. The van der Waals surface area contributed by atoms with Gasteiger partial charge in [0.15, 0.2) is 12.3 Å². The summed E-state index contributed by atoms with van der Waals surface area (Å²) >= 11 is 0. The van der Waals surface area contributed by atoms with Crippen molar-refractivity contribution >= 4 is 12.0 Å². The third-order valence-electron chi connectivity index (χ3n) is 5.82. The van der Waals surface area contributed by atoms with Crippen molar-refractivity contribution in [1.82, 2.24) is 10.6 Å². The standard InChI is InChI=1S/C24H28N2O5/c1-15-10-17(30-13-20(27)29-4)11-19-21(15)18(16-8-6-5-7-9-16)12-24(31-19)14-23(2,3)25-22(28)26-24/h5-11,18H,12-14H2,1-4H3,(H2,25,26,28)/t18-,24-/m0/s1. The molecule has 2 aromatic rings. The van der Waals surface area contributed by atoms with Crippen LogP contribution >= 0.6 is 0 Å². The molecule has 2 heterocycles. The molecule has 2 aromatic carbocycles. The highest BCUT2D eigenvalue weighted by atomic mass is 16.6. The highest BCUT2D eigenvalue weighted by Gasteiger charge is 2.50. The van der Waals surface area contributed by atoms with Crippen LogP contribution in [0.15, 0.2) is 42.5 Å². The number of esters is 1. The van der Waals surface area contributed by atoms with Crippen LogP contribution in [0.5, 0.6) is 11.5 Å². The van der Waals surface area contributed by atoms with E-state index in [9.17, 15) is 9.59 Å².